The number of hydrogen-bond donors (Lipinski definition) is 1. The number of benzene rings is 2. The molecule has 0 aromatic heterocycles. The Bertz CT molecular complexity index is 684. The largest absolute Gasteiger partial charge is 0.494 e. The molecule has 1 N–H and O–H groups in total. The minimum atomic E-state index is 0.0428. The molecule has 0 aliphatic carbocycles. The van der Waals surface area contributed by atoms with E-state index in [0.717, 1.165) is 28.1 Å². The van der Waals surface area contributed by atoms with E-state index < -0.39 is 0 Å². The van der Waals surface area contributed by atoms with Crippen molar-refractivity contribution in [2.24, 2.45) is 0 Å². The molecular weight excluding hydrogens is 330 g/mol. The lowest BCUT2D eigenvalue weighted by Gasteiger charge is -2.16. The summed E-state index contributed by atoms with van der Waals surface area (Å²) in [5.41, 5.74) is 4.19. The van der Waals surface area contributed by atoms with Gasteiger partial charge in [-0.05, 0) is 30.2 Å². The Morgan fingerprint density at radius 1 is 1.29 bits per heavy atom. The lowest BCUT2D eigenvalue weighted by molar-refractivity contribution is -0.115. The van der Waals surface area contributed by atoms with E-state index in [1.807, 2.05) is 37.3 Å². The predicted octanol–water partition coefficient (Wildman–Crippen LogP) is 4.06. The second-order valence-corrected chi connectivity index (χ2v) is 5.89. The van der Waals surface area contributed by atoms with Crippen LogP contribution in [-0.4, -0.2) is 12.5 Å². The number of carbonyl (C=O) groups is 1. The molecule has 108 valence electrons. The molecule has 0 radical (unpaired) electrons. The summed E-state index contributed by atoms with van der Waals surface area (Å²) < 4.78 is 5.69. The molecule has 3 rings (SSSR count). The molecule has 1 unspecified atom stereocenters. The minimum absolute atomic E-state index is 0.0428. The number of alkyl halides is 1. The molecule has 1 heterocycles. The summed E-state index contributed by atoms with van der Waals surface area (Å²) in [7, 11) is 0. The maximum Gasteiger partial charge on any atom is 0.228 e. The van der Waals surface area contributed by atoms with Crippen molar-refractivity contribution in [3.8, 4) is 5.75 Å². The van der Waals surface area contributed by atoms with E-state index >= 15 is 0 Å². The maximum atomic E-state index is 11.4. The first-order valence-electron chi connectivity index (χ1n) is 6.97. The highest BCUT2D eigenvalue weighted by molar-refractivity contribution is 9.09. The highest BCUT2D eigenvalue weighted by atomic mass is 79.9. The van der Waals surface area contributed by atoms with Crippen molar-refractivity contribution < 1.29 is 9.53 Å². The highest BCUT2D eigenvalue weighted by Crippen LogP contribution is 2.38. The van der Waals surface area contributed by atoms with Crippen LogP contribution in [0.4, 0.5) is 5.69 Å². The highest BCUT2D eigenvalue weighted by Gasteiger charge is 2.21. The number of amides is 1. The Hall–Kier alpha value is -1.81. The Morgan fingerprint density at radius 2 is 2.10 bits per heavy atom. The first kappa shape index (κ1) is 14.1. The number of anilines is 1. The quantitative estimate of drug-likeness (QED) is 0.848. The van der Waals surface area contributed by atoms with Crippen molar-refractivity contribution in [2.45, 2.75) is 18.2 Å². The Labute approximate surface area is 132 Å². The van der Waals surface area contributed by atoms with Gasteiger partial charge in [-0.2, -0.15) is 0 Å². The van der Waals surface area contributed by atoms with Gasteiger partial charge in [-0.3, -0.25) is 4.79 Å². The predicted molar refractivity (Wildman–Crippen MR) is 87.2 cm³/mol. The smallest absolute Gasteiger partial charge is 0.228 e. The Balaban J connectivity index is 1.94. The number of halogens is 1. The zero-order valence-electron chi connectivity index (χ0n) is 11.7. The monoisotopic (exact) mass is 345 g/mol. The number of carbonyl (C=O) groups excluding carboxylic acids is 1. The molecule has 0 saturated carbocycles. The van der Waals surface area contributed by atoms with Crippen molar-refractivity contribution in [3.63, 3.8) is 0 Å². The summed E-state index contributed by atoms with van der Waals surface area (Å²) in [5.74, 6) is 0.944. The molecule has 1 atom stereocenters. The molecule has 0 bridgehead atoms. The van der Waals surface area contributed by atoms with Crippen molar-refractivity contribution in [1.82, 2.24) is 0 Å². The van der Waals surface area contributed by atoms with Crippen molar-refractivity contribution in [2.75, 3.05) is 11.9 Å². The summed E-state index contributed by atoms with van der Waals surface area (Å²) in [6.45, 7) is 2.62. The van der Waals surface area contributed by atoms with E-state index in [4.69, 9.17) is 4.74 Å². The van der Waals surface area contributed by atoms with Gasteiger partial charge in [0.1, 0.15) is 5.75 Å². The van der Waals surface area contributed by atoms with Crippen molar-refractivity contribution in [3.05, 3.63) is 59.2 Å². The fourth-order valence-electron chi connectivity index (χ4n) is 2.56. The summed E-state index contributed by atoms with van der Waals surface area (Å²) in [5, 5.41) is 2.86. The van der Waals surface area contributed by atoms with Gasteiger partial charge in [0, 0.05) is 11.3 Å². The molecule has 3 nitrogen and oxygen atoms in total. The molecule has 0 fully saturated rings. The van der Waals surface area contributed by atoms with Crippen molar-refractivity contribution >= 4 is 27.5 Å². The lowest BCUT2D eigenvalue weighted by atomic mass is 10.0. The van der Waals surface area contributed by atoms with Crippen LogP contribution in [0.3, 0.4) is 0 Å². The molecule has 0 saturated heterocycles. The number of nitrogens with one attached hydrogen (secondary N) is 1. The third kappa shape index (κ3) is 2.81. The topological polar surface area (TPSA) is 38.3 Å². The van der Waals surface area contributed by atoms with Gasteiger partial charge in [0.2, 0.25) is 5.91 Å². The Kier molecular flexibility index (Phi) is 3.97. The summed E-state index contributed by atoms with van der Waals surface area (Å²) in [6.07, 6.45) is 0.454. The number of ether oxygens (including phenoxy) is 1. The van der Waals surface area contributed by atoms with Gasteiger partial charge >= 0.3 is 0 Å². The summed E-state index contributed by atoms with van der Waals surface area (Å²) in [6, 6.07) is 14.1. The molecule has 2 aromatic rings. The molecule has 1 amide bonds. The van der Waals surface area contributed by atoms with Crippen LogP contribution in [-0.2, 0) is 11.2 Å². The zero-order valence-corrected chi connectivity index (χ0v) is 13.3. The fraction of sp³-hybridized carbons (Fsp3) is 0.235. The fourth-order valence-corrected chi connectivity index (χ4v) is 3.23. The van der Waals surface area contributed by atoms with Gasteiger partial charge in [0.25, 0.3) is 0 Å². The normalized spacial score (nSPS) is 14.5. The molecule has 21 heavy (non-hydrogen) atoms. The summed E-state index contributed by atoms with van der Waals surface area (Å²) in [4.78, 5) is 11.5. The number of rotatable bonds is 4. The molecular formula is C17H16BrNO2. The van der Waals surface area contributed by atoms with Gasteiger partial charge in [0.05, 0.1) is 17.9 Å². The first-order valence-corrected chi connectivity index (χ1v) is 7.89. The third-order valence-corrected chi connectivity index (χ3v) is 4.56. The molecule has 1 aliphatic rings. The molecule has 1 aliphatic heterocycles. The second kappa shape index (κ2) is 5.90. The van der Waals surface area contributed by atoms with Gasteiger partial charge in [-0.15, -0.1) is 0 Å². The van der Waals surface area contributed by atoms with Crippen LogP contribution in [0.15, 0.2) is 42.5 Å². The first-order chi connectivity index (χ1) is 10.2. The van der Waals surface area contributed by atoms with Crippen LogP contribution in [0.5, 0.6) is 5.75 Å². The van der Waals surface area contributed by atoms with Crippen LogP contribution < -0.4 is 10.1 Å². The van der Waals surface area contributed by atoms with Crippen molar-refractivity contribution in [1.29, 1.82) is 0 Å². The number of para-hydroxylation sites is 1. The molecule has 0 spiro atoms. The third-order valence-electron chi connectivity index (χ3n) is 3.54. The van der Waals surface area contributed by atoms with Gasteiger partial charge < -0.3 is 10.1 Å². The Morgan fingerprint density at radius 3 is 2.90 bits per heavy atom. The van der Waals surface area contributed by atoms with Gasteiger partial charge in [-0.1, -0.05) is 46.3 Å². The van der Waals surface area contributed by atoms with E-state index in [9.17, 15) is 4.79 Å². The lowest BCUT2D eigenvalue weighted by Crippen LogP contribution is -2.03. The average molecular weight is 346 g/mol. The summed E-state index contributed by atoms with van der Waals surface area (Å²) >= 11 is 3.75. The van der Waals surface area contributed by atoms with E-state index in [0.29, 0.717) is 13.0 Å². The minimum Gasteiger partial charge on any atom is -0.494 e. The SMILES string of the molecule is CCOc1ccccc1C(Br)c1ccc2c(c1)CC(=O)N2. The average Bonchev–Trinajstić information content (AvgIpc) is 2.86. The van der Waals surface area contributed by atoms with Crippen LogP contribution in [0.1, 0.15) is 28.4 Å². The van der Waals surface area contributed by atoms with Gasteiger partial charge in [-0.25, -0.2) is 0 Å². The standard InChI is InChI=1S/C17H16BrNO2/c1-2-21-15-6-4-3-5-13(15)17(18)11-7-8-14-12(9-11)10-16(20)19-14/h3-9,17H,2,10H2,1H3,(H,19,20). The second-order valence-electron chi connectivity index (χ2n) is 4.97. The van der Waals surface area contributed by atoms with E-state index in [1.165, 1.54) is 0 Å². The van der Waals surface area contributed by atoms with Crippen LogP contribution in [0.25, 0.3) is 0 Å². The van der Waals surface area contributed by atoms with Crippen LogP contribution >= 0.6 is 15.9 Å². The van der Waals surface area contributed by atoms with E-state index in [-0.39, 0.29) is 10.7 Å². The molecule has 4 heteroatoms. The number of fused-ring (bicyclic) bond motifs is 1. The van der Waals surface area contributed by atoms with E-state index in [2.05, 4.69) is 33.4 Å². The molecule has 2 aromatic carbocycles. The van der Waals surface area contributed by atoms with E-state index in [1.54, 1.807) is 0 Å². The number of hydrogen-bond acceptors (Lipinski definition) is 2. The zero-order chi connectivity index (χ0) is 14.8. The van der Waals surface area contributed by atoms with Crippen LogP contribution in [0.2, 0.25) is 0 Å². The maximum absolute atomic E-state index is 11.4. The van der Waals surface area contributed by atoms with Gasteiger partial charge in [0.15, 0.2) is 0 Å². The van der Waals surface area contributed by atoms with Crippen LogP contribution in [0, 0.1) is 0 Å².